The maximum absolute atomic E-state index is 12.1. The van der Waals surface area contributed by atoms with Crippen molar-refractivity contribution in [3.05, 3.63) is 18.7 Å². The van der Waals surface area contributed by atoms with Crippen molar-refractivity contribution in [2.45, 2.75) is 45.2 Å². The van der Waals surface area contributed by atoms with E-state index in [9.17, 15) is 4.79 Å². The van der Waals surface area contributed by atoms with Crippen LogP contribution in [0.15, 0.2) is 18.7 Å². The SMILES string of the molecule is CC(C)(CCl)C(=O)NC1CCCC1n1ccnc1. The lowest BCUT2D eigenvalue weighted by atomic mass is 9.94. The molecule has 2 unspecified atom stereocenters. The molecule has 1 heterocycles. The van der Waals surface area contributed by atoms with E-state index in [1.165, 1.54) is 0 Å². The molecular formula is C13H20ClN3O. The number of hydrogen-bond donors (Lipinski definition) is 1. The molecular weight excluding hydrogens is 250 g/mol. The molecule has 0 aromatic carbocycles. The second kappa shape index (κ2) is 5.31. The van der Waals surface area contributed by atoms with Crippen LogP contribution in [0, 0.1) is 5.41 Å². The number of rotatable bonds is 4. The number of alkyl halides is 1. The molecule has 1 aromatic rings. The Bertz CT molecular complexity index is 402. The molecule has 1 saturated carbocycles. The minimum atomic E-state index is -0.510. The number of hydrogen-bond acceptors (Lipinski definition) is 2. The molecule has 0 spiro atoms. The third kappa shape index (κ3) is 2.69. The van der Waals surface area contributed by atoms with E-state index in [2.05, 4.69) is 14.9 Å². The zero-order valence-electron chi connectivity index (χ0n) is 10.9. The van der Waals surface area contributed by atoms with Gasteiger partial charge in [0.15, 0.2) is 0 Å². The maximum Gasteiger partial charge on any atom is 0.227 e. The van der Waals surface area contributed by atoms with Gasteiger partial charge < -0.3 is 9.88 Å². The van der Waals surface area contributed by atoms with E-state index in [1.54, 1.807) is 6.20 Å². The lowest BCUT2D eigenvalue weighted by Gasteiger charge is -2.27. The molecule has 18 heavy (non-hydrogen) atoms. The topological polar surface area (TPSA) is 46.9 Å². The molecule has 0 saturated heterocycles. The van der Waals surface area contributed by atoms with Gasteiger partial charge in [-0.3, -0.25) is 4.79 Å². The highest BCUT2D eigenvalue weighted by Gasteiger charge is 2.34. The summed E-state index contributed by atoms with van der Waals surface area (Å²) in [4.78, 5) is 16.2. The van der Waals surface area contributed by atoms with Gasteiger partial charge in [0.1, 0.15) is 0 Å². The average molecular weight is 270 g/mol. The first-order chi connectivity index (χ1) is 8.54. The predicted molar refractivity (Wildman–Crippen MR) is 71.5 cm³/mol. The Morgan fingerprint density at radius 2 is 2.33 bits per heavy atom. The Hall–Kier alpha value is -1.03. The van der Waals surface area contributed by atoms with Gasteiger partial charge >= 0.3 is 0 Å². The molecule has 0 aliphatic heterocycles. The Kier molecular flexibility index (Phi) is 3.95. The van der Waals surface area contributed by atoms with Crippen LogP contribution in [0.25, 0.3) is 0 Å². The standard InChI is InChI=1S/C13H20ClN3O/c1-13(2,8-14)12(18)16-10-4-3-5-11(10)17-7-6-15-9-17/h6-7,9-11H,3-5,8H2,1-2H3,(H,16,18). The predicted octanol–water partition coefficient (Wildman–Crippen LogP) is 2.36. The summed E-state index contributed by atoms with van der Waals surface area (Å²) < 4.78 is 2.09. The normalized spacial score (nSPS) is 24.2. The van der Waals surface area contributed by atoms with Crippen LogP contribution < -0.4 is 5.32 Å². The highest BCUT2D eigenvalue weighted by Crippen LogP contribution is 2.31. The average Bonchev–Trinajstić information content (AvgIpc) is 2.98. The molecule has 0 bridgehead atoms. The summed E-state index contributed by atoms with van der Waals surface area (Å²) in [5.74, 6) is 0.371. The van der Waals surface area contributed by atoms with Crippen LogP contribution in [-0.4, -0.2) is 27.4 Å². The number of halogens is 1. The highest BCUT2D eigenvalue weighted by molar-refractivity contribution is 6.19. The summed E-state index contributed by atoms with van der Waals surface area (Å²) in [5, 5.41) is 3.14. The molecule has 2 rings (SSSR count). The van der Waals surface area contributed by atoms with Crippen molar-refractivity contribution in [1.82, 2.24) is 14.9 Å². The molecule has 1 aliphatic carbocycles. The summed E-state index contributed by atoms with van der Waals surface area (Å²) in [6, 6.07) is 0.511. The number of imidazole rings is 1. The number of carbonyl (C=O) groups is 1. The molecule has 1 fully saturated rings. The Balaban J connectivity index is 2.03. The van der Waals surface area contributed by atoms with Gasteiger partial charge in [-0.2, -0.15) is 0 Å². The van der Waals surface area contributed by atoms with Gasteiger partial charge in [-0.1, -0.05) is 0 Å². The van der Waals surface area contributed by atoms with Gasteiger partial charge in [0, 0.05) is 24.3 Å². The van der Waals surface area contributed by atoms with E-state index in [1.807, 2.05) is 26.4 Å². The van der Waals surface area contributed by atoms with E-state index < -0.39 is 5.41 Å². The van der Waals surface area contributed by atoms with Crippen LogP contribution in [0.1, 0.15) is 39.2 Å². The molecule has 100 valence electrons. The molecule has 4 nitrogen and oxygen atoms in total. The molecule has 2 atom stereocenters. The van der Waals surface area contributed by atoms with Crippen LogP contribution in [0.4, 0.5) is 0 Å². The van der Waals surface area contributed by atoms with Crippen LogP contribution in [-0.2, 0) is 4.79 Å². The minimum Gasteiger partial charge on any atom is -0.351 e. The summed E-state index contributed by atoms with van der Waals surface area (Å²) in [5.41, 5.74) is -0.510. The first-order valence-electron chi connectivity index (χ1n) is 6.39. The summed E-state index contributed by atoms with van der Waals surface area (Å²) in [6.45, 7) is 3.74. The zero-order valence-corrected chi connectivity index (χ0v) is 11.7. The quantitative estimate of drug-likeness (QED) is 0.853. The summed E-state index contributed by atoms with van der Waals surface area (Å²) in [6.07, 6.45) is 8.80. The number of aromatic nitrogens is 2. The third-order valence-electron chi connectivity index (χ3n) is 3.65. The highest BCUT2D eigenvalue weighted by atomic mass is 35.5. The van der Waals surface area contributed by atoms with Crippen LogP contribution in [0.3, 0.4) is 0 Å². The van der Waals surface area contributed by atoms with E-state index in [-0.39, 0.29) is 11.9 Å². The number of nitrogens with one attached hydrogen (secondary N) is 1. The first-order valence-corrected chi connectivity index (χ1v) is 6.92. The Labute approximate surface area is 113 Å². The van der Waals surface area contributed by atoms with E-state index in [4.69, 9.17) is 11.6 Å². The van der Waals surface area contributed by atoms with Crippen LogP contribution in [0.5, 0.6) is 0 Å². The van der Waals surface area contributed by atoms with Crippen molar-refractivity contribution in [2.24, 2.45) is 5.41 Å². The minimum absolute atomic E-state index is 0.0366. The smallest absolute Gasteiger partial charge is 0.227 e. The van der Waals surface area contributed by atoms with Gasteiger partial charge in [-0.15, -0.1) is 11.6 Å². The van der Waals surface area contributed by atoms with E-state index >= 15 is 0 Å². The van der Waals surface area contributed by atoms with Gasteiger partial charge in [-0.25, -0.2) is 4.98 Å². The van der Waals surface area contributed by atoms with Crippen LogP contribution in [0.2, 0.25) is 0 Å². The molecule has 1 N–H and O–H groups in total. The van der Waals surface area contributed by atoms with Crippen molar-refractivity contribution >= 4 is 17.5 Å². The Morgan fingerprint density at radius 3 is 2.94 bits per heavy atom. The lowest BCUT2D eigenvalue weighted by molar-refractivity contribution is -0.129. The molecule has 1 aromatic heterocycles. The van der Waals surface area contributed by atoms with Crippen molar-refractivity contribution in [3.63, 3.8) is 0 Å². The number of nitrogens with zero attached hydrogens (tertiary/aromatic N) is 2. The molecule has 5 heteroatoms. The van der Waals surface area contributed by atoms with Gasteiger partial charge in [-0.05, 0) is 33.1 Å². The van der Waals surface area contributed by atoms with E-state index in [0.29, 0.717) is 11.9 Å². The fourth-order valence-corrected chi connectivity index (χ4v) is 2.48. The second-order valence-corrected chi connectivity index (χ2v) is 5.87. The number of carbonyl (C=O) groups excluding carboxylic acids is 1. The summed E-state index contributed by atoms with van der Waals surface area (Å²) >= 11 is 5.83. The second-order valence-electron chi connectivity index (χ2n) is 5.61. The van der Waals surface area contributed by atoms with Gasteiger partial charge in [0.2, 0.25) is 5.91 Å². The number of amides is 1. The van der Waals surface area contributed by atoms with Crippen molar-refractivity contribution < 1.29 is 4.79 Å². The van der Waals surface area contributed by atoms with Crippen molar-refractivity contribution in [3.8, 4) is 0 Å². The maximum atomic E-state index is 12.1. The largest absolute Gasteiger partial charge is 0.351 e. The first kappa shape index (κ1) is 13.4. The summed E-state index contributed by atoms with van der Waals surface area (Å²) in [7, 11) is 0. The fraction of sp³-hybridized carbons (Fsp3) is 0.692. The van der Waals surface area contributed by atoms with E-state index in [0.717, 1.165) is 19.3 Å². The van der Waals surface area contributed by atoms with Gasteiger partial charge in [0.05, 0.1) is 17.8 Å². The monoisotopic (exact) mass is 269 g/mol. The fourth-order valence-electron chi connectivity index (χ4n) is 2.36. The van der Waals surface area contributed by atoms with Gasteiger partial charge in [0.25, 0.3) is 0 Å². The molecule has 1 aliphatic rings. The molecule has 0 radical (unpaired) electrons. The zero-order chi connectivity index (χ0) is 13.2. The molecule has 1 amide bonds. The van der Waals surface area contributed by atoms with Crippen molar-refractivity contribution in [2.75, 3.05) is 5.88 Å². The Morgan fingerprint density at radius 1 is 1.56 bits per heavy atom. The third-order valence-corrected chi connectivity index (χ3v) is 4.32. The van der Waals surface area contributed by atoms with Crippen molar-refractivity contribution in [1.29, 1.82) is 0 Å². The van der Waals surface area contributed by atoms with Crippen LogP contribution >= 0.6 is 11.6 Å². The lowest BCUT2D eigenvalue weighted by Crippen LogP contribution is -2.45.